The number of ether oxygens (including phenoxy) is 3. The van der Waals surface area contributed by atoms with E-state index >= 15 is 13.2 Å². The molecule has 3 aliphatic rings. The van der Waals surface area contributed by atoms with Crippen LogP contribution in [0.4, 0.5) is 78.3 Å². The molecular formula is C78H84F6N24O6. The Bertz CT molecular complexity index is 5500. The number of carbonyl (C=O) groups excluding carboxylic acids is 3. The van der Waals surface area contributed by atoms with Gasteiger partial charge in [0, 0.05) is 172 Å². The van der Waals surface area contributed by atoms with Crippen molar-refractivity contribution in [3.05, 3.63) is 179 Å². The van der Waals surface area contributed by atoms with E-state index in [2.05, 4.69) is 120 Å². The van der Waals surface area contributed by atoms with E-state index in [1.807, 2.05) is 18.2 Å². The van der Waals surface area contributed by atoms with Crippen LogP contribution in [0.15, 0.2) is 110 Å². The zero-order valence-corrected chi connectivity index (χ0v) is 64.4. The summed E-state index contributed by atoms with van der Waals surface area (Å²) >= 11 is 0. The van der Waals surface area contributed by atoms with E-state index in [0.717, 1.165) is 120 Å². The van der Waals surface area contributed by atoms with Gasteiger partial charge in [0.15, 0.2) is 69.6 Å². The van der Waals surface area contributed by atoms with E-state index in [0.29, 0.717) is 34.5 Å². The average molecular weight is 1570 g/mol. The first-order valence-electron chi connectivity index (χ1n) is 36.5. The van der Waals surface area contributed by atoms with Gasteiger partial charge in [0.1, 0.15) is 53.1 Å². The third kappa shape index (κ3) is 17.5. The Morgan fingerprint density at radius 1 is 0.421 bits per heavy atom. The van der Waals surface area contributed by atoms with Crippen molar-refractivity contribution in [1.82, 2.24) is 89.6 Å². The standard InChI is InChI=1S/C27H30F2N8O2.C26H28F2N8O2.C25H26F2N8O2/c1-5-36-8-10-37(11-9-36)17-6-7-21(30-14-17)34-25-22(27(38)35(3)4)26(32-15-31-25)39-20-13-19(28)24-18(23(20)29)12-16(2)33-24;1-15-11-17-22(28)19(12-18(27)23(17)32-15)38-25-21(26(37)34(2)3)24(30-14-31-25)33-20-6-5-16(13-29-20)36-9-7-35(4)8-10-36;1-14-10-16-21(27)18(11-17(26)22(16)32-14)37-24-20(25(36)34(2)3)23(30-13-31-24)33-19-5-4-15(12-29-19)35-8-6-28-7-9-35/h6-7,12-15,33H,5,8-11H2,1-4H3,(H,30,31,32,34);5-6,11-14,32H,7-10H2,1-4H3,(H,29,30,31,33);4-5,10-13,28,32H,6-9H2,1-3H3,(H,29,30,31,33). The Kier molecular flexibility index (Phi) is 23.8. The highest BCUT2D eigenvalue weighted by atomic mass is 19.1. The van der Waals surface area contributed by atoms with Crippen LogP contribution in [-0.2, 0) is 0 Å². The number of likely N-dealkylation sites (N-methyl/N-ethyl adjacent to an activating group) is 2. The molecular weight excluding hydrogens is 1480 g/mol. The van der Waals surface area contributed by atoms with Crippen molar-refractivity contribution in [3.8, 4) is 34.9 Å². The molecule has 0 spiro atoms. The molecule has 15 rings (SSSR count). The highest BCUT2D eigenvalue weighted by Crippen LogP contribution is 2.40. The van der Waals surface area contributed by atoms with E-state index in [-0.39, 0.29) is 84.5 Å². The lowest BCUT2D eigenvalue weighted by atomic mass is 10.2. The summed E-state index contributed by atoms with van der Waals surface area (Å²) < 4.78 is 107. The van der Waals surface area contributed by atoms with Crippen molar-refractivity contribution in [3.63, 3.8) is 0 Å². The molecule has 3 aliphatic heterocycles. The van der Waals surface area contributed by atoms with Gasteiger partial charge in [-0.05, 0) is 89.0 Å². The number of hydrogen-bond acceptors (Lipinski definition) is 24. The highest BCUT2D eigenvalue weighted by molar-refractivity contribution is 6.03. The number of carbonyl (C=O) groups is 3. The maximum atomic E-state index is 15.2. The molecule has 0 saturated carbocycles. The number of hydrogen-bond donors (Lipinski definition) is 7. The molecule has 594 valence electrons. The van der Waals surface area contributed by atoms with Gasteiger partial charge in [0.05, 0.1) is 52.2 Å². The van der Waals surface area contributed by atoms with Crippen LogP contribution in [0.25, 0.3) is 32.7 Å². The molecule has 0 unspecified atom stereocenters. The molecule has 36 heteroatoms. The molecule has 9 aromatic heterocycles. The van der Waals surface area contributed by atoms with E-state index in [9.17, 15) is 27.6 Å². The second-order valence-corrected chi connectivity index (χ2v) is 27.9. The fourth-order valence-corrected chi connectivity index (χ4v) is 13.0. The van der Waals surface area contributed by atoms with E-state index in [1.165, 1.54) is 51.9 Å². The van der Waals surface area contributed by atoms with Crippen LogP contribution < -0.4 is 50.2 Å². The smallest absolute Gasteiger partial charge is 0.262 e. The highest BCUT2D eigenvalue weighted by Gasteiger charge is 2.31. The number of aryl methyl sites for hydroxylation is 3. The van der Waals surface area contributed by atoms with Crippen molar-refractivity contribution in [2.45, 2.75) is 27.7 Å². The third-order valence-corrected chi connectivity index (χ3v) is 19.1. The van der Waals surface area contributed by atoms with Gasteiger partial charge in [-0.3, -0.25) is 14.4 Å². The van der Waals surface area contributed by atoms with Crippen molar-refractivity contribution in [2.75, 3.05) is 165 Å². The van der Waals surface area contributed by atoms with Gasteiger partial charge in [-0.25, -0.2) is 71.2 Å². The van der Waals surface area contributed by atoms with Crippen LogP contribution in [0.2, 0.25) is 0 Å². The molecule has 114 heavy (non-hydrogen) atoms. The maximum absolute atomic E-state index is 15.2. The van der Waals surface area contributed by atoms with Crippen LogP contribution in [0, 0.1) is 55.7 Å². The Morgan fingerprint density at radius 2 is 0.728 bits per heavy atom. The van der Waals surface area contributed by atoms with E-state index in [1.54, 1.807) is 99.8 Å². The monoisotopic (exact) mass is 1570 g/mol. The molecule has 30 nitrogen and oxygen atoms in total. The number of aromatic nitrogens is 12. The van der Waals surface area contributed by atoms with Crippen LogP contribution in [0.1, 0.15) is 55.1 Å². The van der Waals surface area contributed by atoms with E-state index in [4.69, 9.17) is 14.2 Å². The second-order valence-electron chi connectivity index (χ2n) is 27.9. The summed E-state index contributed by atoms with van der Waals surface area (Å²) in [4.78, 5) is 101. The maximum Gasteiger partial charge on any atom is 0.262 e. The molecule has 12 heterocycles. The van der Waals surface area contributed by atoms with Crippen molar-refractivity contribution in [2.24, 2.45) is 0 Å². The summed E-state index contributed by atoms with van der Waals surface area (Å²) in [5, 5.41) is 12.5. The Hall–Kier alpha value is -13.0. The van der Waals surface area contributed by atoms with Gasteiger partial charge < -0.3 is 89.6 Å². The van der Waals surface area contributed by atoms with Crippen LogP contribution in [-0.4, -0.2) is 236 Å². The van der Waals surface area contributed by atoms with Gasteiger partial charge in [-0.2, -0.15) is 0 Å². The zero-order valence-electron chi connectivity index (χ0n) is 64.4. The normalized spacial score (nSPS) is 13.9. The lowest BCUT2D eigenvalue weighted by Crippen LogP contribution is -2.46. The molecule has 3 amide bonds. The molecule has 0 aliphatic carbocycles. The number of amides is 3. The van der Waals surface area contributed by atoms with Gasteiger partial charge in [0.25, 0.3) is 17.7 Å². The molecule has 0 atom stereocenters. The molecule has 12 aromatic rings. The largest absolute Gasteiger partial charge is 0.435 e. The topological polar surface area (TPSA) is 316 Å². The fourth-order valence-electron chi connectivity index (χ4n) is 13.0. The van der Waals surface area contributed by atoms with Crippen molar-refractivity contribution >= 4 is 102 Å². The number of H-pyrrole nitrogens is 3. The van der Waals surface area contributed by atoms with Gasteiger partial charge in [-0.1, -0.05) is 6.92 Å². The molecule has 7 N–H and O–H groups in total. The van der Waals surface area contributed by atoms with Crippen LogP contribution >= 0.6 is 0 Å². The molecule has 3 aromatic carbocycles. The third-order valence-electron chi connectivity index (χ3n) is 19.1. The van der Waals surface area contributed by atoms with E-state index < -0.39 is 69.9 Å². The summed E-state index contributed by atoms with van der Waals surface area (Å²) in [6.07, 6.45) is 8.79. The summed E-state index contributed by atoms with van der Waals surface area (Å²) in [5.74, 6) is -6.05. The number of nitrogens with zero attached hydrogens (tertiary/aromatic N) is 17. The summed E-state index contributed by atoms with van der Waals surface area (Å²) in [5.41, 5.74) is 4.72. The van der Waals surface area contributed by atoms with Gasteiger partial charge in [-0.15, -0.1) is 0 Å². The molecule has 3 saturated heterocycles. The minimum Gasteiger partial charge on any atom is -0.435 e. The van der Waals surface area contributed by atoms with Gasteiger partial charge in [0.2, 0.25) is 17.6 Å². The average Bonchev–Trinajstić information content (AvgIpc) is 1.45. The number of halogens is 6. The molecule has 0 radical (unpaired) electrons. The predicted octanol–water partition coefficient (Wildman–Crippen LogP) is 11.8. The van der Waals surface area contributed by atoms with Crippen LogP contribution in [0.3, 0.4) is 0 Å². The number of piperazine rings is 3. The molecule has 3 fully saturated rings. The number of nitrogens with one attached hydrogen (secondary N) is 7. The lowest BCUT2D eigenvalue weighted by Gasteiger charge is -2.35. The fraction of sp³-hybridized carbons (Fsp3) is 0.308. The Morgan fingerprint density at radius 3 is 1.02 bits per heavy atom. The summed E-state index contributed by atoms with van der Waals surface area (Å²) in [7, 11) is 11.4. The van der Waals surface area contributed by atoms with Crippen molar-refractivity contribution < 1.29 is 54.9 Å². The first-order valence-corrected chi connectivity index (χ1v) is 36.5. The first-order chi connectivity index (χ1) is 54.8. The predicted molar refractivity (Wildman–Crippen MR) is 421 cm³/mol. The SMILES string of the molecule is CCN1CCN(c2ccc(Nc3ncnc(Oc4cc(F)c5[nH]c(C)cc5c4F)c3C(=O)N(C)C)nc2)CC1.Cc1cc2c(F)c(Oc3ncnc(Nc4ccc(N5CCN(C)CC5)cn4)c3C(=O)N(C)C)cc(F)c2[nH]1.Cc1cc2c(F)c(Oc3ncnc(Nc4ccc(N5CCNCC5)cn4)c3C(=O)N(C)C)cc(F)c2[nH]1. The number of anilines is 9. The number of aromatic amines is 3. The second kappa shape index (κ2) is 34.3. The number of pyridine rings is 3. The van der Waals surface area contributed by atoms with Crippen molar-refractivity contribution in [1.29, 1.82) is 0 Å². The number of fused-ring (bicyclic) bond motifs is 3. The number of benzene rings is 3. The molecule has 0 bridgehead atoms. The quantitative estimate of drug-likeness (QED) is 0.0370. The van der Waals surface area contributed by atoms with Gasteiger partial charge >= 0.3 is 0 Å². The zero-order chi connectivity index (χ0) is 80.8. The lowest BCUT2D eigenvalue weighted by molar-refractivity contribution is 0.0817. The number of rotatable bonds is 19. The minimum absolute atomic E-state index is 0.0346. The Balaban J connectivity index is 0.000000149. The Labute approximate surface area is 650 Å². The first kappa shape index (κ1) is 79.1. The summed E-state index contributed by atoms with van der Waals surface area (Å²) in [6, 6.07) is 18.4. The minimum atomic E-state index is -0.776. The van der Waals surface area contributed by atoms with Crippen LogP contribution in [0.5, 0.6) is 34.9 Å². The summed E-state index contributed by atoms with van der Waals surface area (Å²) in [6.45, 7) is 19.4.